The van der Waals surface area contributed by atoms with E-state index in [0.29, 0.717) is 6.54 Å². The molecule has 0 amide bonds. The largest absolute Gasteiger partial charge is 0.326 e. The Hall–Kier alpha value is -0.410. The molecule has 0 aromatic carbocycles. The van der Waals surface area contributed by atoms with Crippen molar-refractivity contribution in [3.63, 3.8) is 0 Å². The summed E-state index contributed by atoms with van der Waals surface area (Å²) in [6, 6.07) is 0. The monoisotopic (exact) mass is 210 g/mol. The van der Waals surface area contributed by atoms with Crippen molar-refractivity contribution in [3.05, 3.63) is 16.1 Å². The third-order valence-electron chi connectivity index (χ3n) is 3.14. The van der Waals surface area contributed by atoms with Crippen molar-refractivity contribution in [1.82, 2.24) is 4.98 Å². The zero-order valence-electron chi connectivity index (χ0n) is 8.70. The first-order valence-electron chi connectivity index (χ1n) is 5.44. The van der Waals surface area contributed by atoms with Crippen LogP contribution in [0.5, 0.6) is 0 Å². The molecule has 0 aliphatic heterocycles. The number of thiazole rings is 1. The van der Waals surface area contributed by atoms with Crippen LogP contribution >= 0.6 is 11.3 Å². The van der Waals surface area contributed by atoms with Gasteiger partial charge in [0.2, 0.25) is 0 Å². The highest BCUT2D eigenvalue weighted by Crippen LogP contribution is 2.36. The van der Waals surface area contributed by atoms with E-state index in [1.165, 1.54) is 35.6 Å². The van der Waals surface area contributed by atoms with E-state index in [4.69, 9.17) is 5.73 Å². The Bertz CT molecular complexity index is 287. The lowest BCUT2D eigenvalue weighted by molar-refractivity contribution is 0.347. The average molecular weight is 210 g/mol. The Labute approximate surface area is 89.5 Å². The summed E-state index contributed by atoms with van der Waals surface area (Å²) in [7, 11) is 0. The van der Waals surface area contributed by atoms with E-state index in [1.807, 2.05) is 6.20 Å². The zero-order valence-corrected chi connectivity index (χ0v) is 9.52. The lowest BCUT2D eigenvalue weighted by Gasteiger charge is -2.24. The van der Waals surface area contributed by atoms with Crippen LogP contribution in [0.2, 0.25) is 0 Å². The van der Waals surface area contributed by atoms with Gasteiger partial charge in [-0.3, -0.25) is 0 Å². The van der Waals surface area contributed by atoms with E-state index >= 15 is 0 Å². The van der Waals surface area contributed by atoms with Gasteiger partial charge in [0.25, 0.3) is 0 Å². The maximum Gasteiger partial charge on any atom is 0.0959 e. The molecule has 2 nitrogen and oxygen atoms in total. The highest BCUT2D eigenvalue weighted by Gasteiger charge is 2.21. The zero-order chi connectivity index (χ0) is 9.97. The highest BCUT2D eigenvalue weighted by atomic mass is 32.1. The van der Waals surface area contributed by atoms with Gasteiger partial charge in [-0.1, -0.05) is 19.8 Å². The van der Waals surface area contributed by atoms with Gasteiger partial charge in [0.05, 0.1) is 5.01 Å². The van der Waals surface area contributed by atoms with Crippen LogP contribution in [-0.2, 0) is 6.54 Å². The second-order valence-electron chi connectivity index (χ2n) is 4.33. The van der Waals surface area contributed by atoms with Gasteiger partial charge in [-0.2, -0.15) is 0 Å². The molecular formula is C11H18N2S. The van der Waals surface area contributed by atoms with Crippen LogP contribution in [0.1, 0.15) is 48.4 Å². The van der Waals surface area contributed by atoms with Crippen molar-refractivity contribution in [3.8, 4) is 0 Å². The quantitative estimate of drug-likeness (QED) is 0.815. The molecule has 1 saturated carbocycles. The van der Waals surface area contributed by atoms with Gasteiger partial charge in [0, 0.05) is 23.5 Å². The molecule has 78 valence electrons. The Kier molecular flexibility index (Phi) is 3.19. The molecule has 0 atom stereocenters. The minimum Gasteiger partial charge on any atom is -0.326 e. The van der Waals surface area contributed by atoms with Crippen molar-refractivity contribution < 1.29 is 0 Å². The summed E-state index contributed by atoms with van der Waals surface area (Å²) >= 11 is 1.80. The molecule has 14 heavy (non-hydrogen) atoms. The highest BCUT2D eigenvalue weighted by molar-refractivity contribution is 7.11. The molecule has 0 unspecified atom stereocenters. The van der Waals surface area contributed by atoms with Crippen LogP contribution in [0.4, 0.5) is 0 Å². The van der Waals surface area contributed by atoms with Gasteiger partial charge >= 0.3 is 0 Å². The van der Waals surface area contributed by atoms with Crippen LogP contribution in [0.25, 0.3) is 0 Å². The molecule has 1 aliphatic rings. The second kappa shape index (κ2) is 4.41. The topological polar surface area (TPSA) is 38.9 Å². The van der Waals surface area contributed by atoms with Crippen molar-refractivity contribution in [2.75, 3.05) is 0 Å². The third kappa shape index (κ3) is 2.15. The first-order valence-corrected chi connectivity index (χ1v) is 6.26. The SMILES string of the molecule is CC1CCC(c2ncc(CN)s2)CC1. The van der Waals surface area contributed by atoms with Crippen LogP contribution in [-0.4, -0.2) is 4.98 Å². The number of nitrogens with zero attached hydrogens (tertiary/aromatic N) is 1. The van der Waals surface area contributed by atoms with E-state index in [0.717, 1.165) is 11.8 Å². The Morgan fingerprint density at radius 1 is 1.43 bits per heavy atom. The first-order chi connectivity index (χ1) is 6.79. The van der Waals surface area contributed by atoms with E-state index < -0.39 is 0 Å². The molecule has 0 radical (unpaired) electrons. The average Bonchev–Trinajstić information content (AvgIpc) is 2.67. The molecule has 1 aliphatic carbocycles. The fraction of sp³-hybridized carbons (Fsp3) is 0.727. The molecule has 1 aromatic heterocycles. The summed E-state index contributed by atoms with van der Waals surface area (Å²) < 4.78 is 0. The fourth-order valence-electron chi connectivity index (χ4n) is 2.11. The number of rotatable bonds is 2. The summed E-state index contributed by atoms with van der Waals surface area (Å²) in [5, 5.41) is 1.32. The van der Waals surface area contributed by atoms with E-state index in [1.54, 1.807) is 11.3 Å². The summed E-state index contributed by atoms with van der Waals surface area (Å²) in [6.07, 6.45) is 7.31. The van der Waals surface area contributed by atoms with Gasteiger partial charge in [0.15, 0.2) is 0 Å². The van der Waals surface area contributed by atoms with Crippen LogP contribution in [0.3, 0.4) is 0 Å². The van der Waals surface area contributed by atoms with Gasteiger partial charge in [-0.15, -0.1) is 11.3 Å². The van der Waals surface area contributed by atoms with E-state index in [2.05, 4.69) is 11.9 Å². The standard InChI is InChI=1S/C11H18N2S/c1-8-2-4-9(5-3-8)11-13-7-10(6-12)14-11/h7-9H,2-6,12H2,1H3. The third-order valence-corrected chi connectivity index (χ3v) is 4.32. The normalized spacial score (nSPS) is 27.9. The Morgan fingerprint density at radius 2 is 2.14 bits per heavy atom. The Morgan fingerprint density at radius 3 is 2.71 bits per heavy atom. The smallest absolute Gasteiger partial charge is 0.0959 e. The molecule has 0 bridgehead atoms. The lowest BCUT2D eigenvalue weighted by Crippen LogP contribution is -2.10. The van der Waals surface area contributed by atoms with Crippen molar-refractivity contribution in [2.24, 2.45) is 11.7 Å². The molecule has 0 saturated heterocycles. The number of hydrogen-bond acceptors (Lipinski definition) is 3. The lowest BCUT2D eigenvalue weighted by atomic mass is 9.83. The molecule has 3 heteroatoms. The van der Waals surface area contributed by atoms with Crippen LogP contribution in [0.15, 0.2) is 6.20 Å². The van der Waals surface area contributed by atoms with E-state index in [-0.39, 0.29) is 0 Å². The molecule has 2 rings (SSSR count). The maximum atomic E-state index is 5.59. The molecule has 1 fully saturated rings. The summed E-state index contributed by atoms with van der Waals surface area (Å²) in [4.78, 5) is 5.70. The fourth-order valence-corrected chi connectivity index (χ4v) is 3.08. The van der Waals surface area contributed by atoms with Gasteiger partial charge < -0.3 is 5.73 Å². The van der Waals surface area contributed by atoms with Crippen LogP contribution in [0, 0.1) is 5.92 Å². The van der Waals surface area contributed by atoms with E-state index in [9.17, 15) is 0 Å². The van der Waals surface area contributed by atoms with Gasteiger partial charge in [0.1, 0.15) is 0 Å². The summed E-state index contributed by atoms with van der Waals surface area (Å²) in [5.41, 5.74) is 5.59. The van der Waals surface area contributed by atoms with Crippen molar-refractivity contribution >= 4 is 11.3 Å². The predicted molar refractivity (Wildman–Crippen MR) is 60.4 cm³/mol. The Balaban J connectivity index is 2.01. The first kappa shape index (κ1) is 10.1. The molecule has 2 N–H and O–H groups in total. The number of nitrogens with two attached hydrogens (primary N) is 1. The number of aromatic nitrogens is 1. The minimum absolute atomic E-state index is 0.640. The molecular weight excluding hydrogens is 192 g/mol. The summed E-state index contributed by atoms with van der Waals surface area (Å²) in [5.74, 6) is 1.64. The second-order valence-corrected chi connectivity index (χ2v) is 5.47. The van der Waals surface area contributed by atoms with Gasteiger partial charge in [-0.05, 0) is 18.8 Å². The molecule has 1 heterocycles. The van der Waals surface area contributed by atoms with Crippen molar-refractivity contribution in [2.45, 2.75) is 45.1 Å². The van der Waals surface area contributed by atoms with Crippen LogP contribution < -0.4 is 5.73 Å². The predicted octanol–water partition coefficient (Wildman–Crippen LogP) is 2.90. The molecule has 0 spiro atoms. The minimum atomic E-state index is 0.640. The summed E-state index contributed by atoms with van der Waals surface area (Å²) in [6.45, 7) is 2.99. The maximum absolute atomic E-state index is 5.59. The number of hydrogen-bond donors (Lipinski definition) is 1. The van der Waals surface area contributed by atoms with Gasteiger partial charge in [-0.25, -0.2) is 4.98 Å². The van der Waals surface area contributed by atoms with Crippen molar-refractivity contribution in [1.29, 1.82) is 0 Å². The molecule has 1 aromatic rings.